The van der Waals surface area contributed by atoms with Gasteiger partial charge in [0.2, 0.25) is 11.8 Å². The predicted molar refractivity (Wildman–Crippen MR) is 93.5 cm³/mol. The highest BCUT2D eigenvalue weighted by Crippen LogP contribution is 2.21. The fourth-order valence-electron chi connectivity index (χ4n) is 2.58. The minimum absolute atomic E-state index is 0.0142. The summed E-state index contributed by atoms with van der Waals surface area (Å²) in [5.41, 5.74) is 1.40. The molecule has 2 rings (SSSR count). The van der Waals surface area contributed by atoms with Gasteiger partial charge in [-0.05, 0) is 11.8 Å². The van der Waals surface area contributed by atoms with E-state index in [9.17, 15) is 14.7 Å². The maximum Gasteiger partial charge on any atom is 0.225 e. The normalized spacial score (nSPS) is 15.1. The quantitative estimate of drug-likeness (QED) is 0.736. The topological polar surface area (TPSA) is 78.7 Å². The van der Waals surface area contributed by atoms with Gasteiger partial charge in [0.25, 0.3) is 0 Å². The summed E-state index contributed by atoms with van der Waals surface area (Å²) in [5.74, 6) is 1.89. The lowest BCUT2D eigenvalue weighted by Gasteiger charge is -2.27. The van der Waals surface area contributed by atoms with Gasteiger partial charge in [0.15, 0.2) is 0 Å². The zero-order valence-corrected chi connectivity index (χ0v) is 15.4. The smallest absolute Gasteiger partial charge is 0.225 e. The van der Waals surface area contributed by atoms with Gasteiger partial charge in [-0.3, -0.25) is 14.3 Å². The van der Waals surface area contributed by atoms with E-state index >= 15 is 0 Å². The number of aliphatic hydroxyl groups excluding tert-OH is 1. The first-order valence-corrected chi connectivity index (χ1v) is 9.38. The van der Waals surface area contributed by atoms with E-state index in [-0.39, 0.29) is 18.2 Å². The number of fused-ring (bicyclic) bond motifs is 1. The van der Waals surface area contributed by atoms with Crippen molar-refractivity contribution in [3.63, 3.8) is 0 Å². The maximum atomic E-state index is 12.2. The Morgan fingerprint density at radius 1 is 1.42 bits per heavy atom. The Morgan fingerprint density at radius 3 is 2.83 bits per heavy atom. The number of thioether (sulfide) groups is 1. The van der Waals surface area contributed by atoms with Crippen molar-refractivity contribution in [1.82, 2.24) is 19.6 Å². The first-order valence-electron chi connectivity index (χ1n) is 8.22. The molecular weight excluding hydrogens is 328 g/mol. The Balaban J connectivity index is 1.96. The van der Waals surface area contributed by atoms with Gasteiger partial charge in [0.05, 0.1) is 30.9 Å². The van der Waals surface area contributed by atoms with Crippen LogP contribution in [0.4, 0.5) is 0 Å². The zero-order chi connectivity index (χ0) is 17.7. The van der Waals surface area contributed by atoms with Crippen molar-refractivity contribution in [1.29, 1.82) is 0 Å². The van der Waals surface area contributed by atoms with Gasteiger partial charge in [0, 0.05) is 32.8 Å². The van der Waals surface area contributed by atoms with Gasteiger partial charge >= 0.3 is 0 Å². The Morgan fingerprint density at radius 2 is 2.17 bits per heavy atom. The number of hydrogen-bond acceptors (Lipinski definition) is 5. The highest BCUT2D eigenvalue weighted by molar-refractivity contribution is 7.99. The summed E-state index contributed by atoms with van der Waals surface area (Å²) in [6.07, 6.45) is -0.345. The van der Waals surface area contributed by atoms with Crippen LogP contribution in [-0.2, 0) is 22.7 Å². The second-order valence-electron chi connectivity index (χ2n) is 6.05. The molecule has 0 fully saturated rings. The van der Waals surface area contributed by atoms with Crippen LogP contribution in [0.25, 0.3) is 0 Å². The summed E-state index contributed by atoms with van der Waals surface area (Å²) in [5, 5.41) is 14.6. The summed E-state index contributed by atoms with van der Waals surface area (Å²) in [4.78, 5) is 27.2. The molecule has 134 valence electrons. The van der Waals surface area contributed by atoms with Gasteiger partial charge in [-0.2, -0.15) is 16.9 Å². The van der Waals surface area contributed by atoms with Crippen LogP contribution in [0.15, 0.2) is 6.07 Å². The second-order valence-corrected chi connectivity index (χ2v) is 7.45. The minimum Gasteiger partial charge on any atom is -0.386 e. The van der Waals surface area contributed by atoms with Crippen molar-refractivity contribution >= 4 is 23.6 Å². The van der Waals surface area contributed by atoms with Crippen LogP contribution in [0.3, 0.4) is 0 Å². The van der Waals surface area contributed by atoms with Crippen molar-refractivity contribution in [3.05, 3.63) is 17.5 Å². The van der Waals surface area contributed by atoms with E-state index in [1.807, 2.05) is 9.58 Å². The van der Waals surface area contributed by atoms with E-state index in [2.05, 4.69) is 12.0 Å². The molecule has 0 saturated carbocycles. The zero-order valence-electron chi connectivity index (χ0n) is 14.6. The van der Waals surface area contributed by atoms with Gasteiger partial charge in [0.1, 0.15) is 6.10 Å². The van der Waals surface area contributed by atoms with Crippen molar-refractivity contribution in [3.8, 4) is 0 Å². The molecule has 1 N–H and O–H groups in total. The Bertz CT molecular complexity index is 588. The van der Waals surface area contributed by atoms with Crippen LogP contribution in [0.5, 0.6) is 0 Å². The molecule has 1 atom stereocenters. The van der Waals surface area contributed by atoms with Gasteiger partial charge < -0.3 is 14.9 Å². The summed E-state index contributed by atoms with van der Waals surface area (Å²) >= 11 is 1.77. The SMILES string of the molecule is CCSCCC(=O)N1CCn2nc(C(O)CC(=O)N(C)C)cc2C1. The number of aromatic nitrogens is 2. The van der Waals surface area contributed by atoms with E-state index in [0.29, 0.717) is 31.7 Å². The molecule has 1 aromatic heterocycles. The number of rotatable bonds is 7. The molecule has 1 aliphatic heterocycles. The lowest BCUT2D eigenvalue weighted by Crippen LogP contribution is -2.38. The Labute approximate surface area is 147 Å². The Hall–Kier alpha value is -1.54. The predicted octanol–water partition coefficient (Wildman–Crippen LogP) is 0.880. The molecule has 24 heavy (non-hydrogen) atoms. The molecule has 1 aromatic rings. The molecule has 2 heterocycles. The largest absolute Gasteiger partial charge is 0.386 e. The average molecular weight is 354 g/mol. The number of carbonyl (C=O) groups is 2. The number of carbonyl (C=O) groups excluding carboxylic acids is 2. The van der Waals surface area contributed by atoms with Gasteiger partial charge in [-0.25, -0.2) is 0 Å². The van der Waals surface area contributed by atoms with E-state index < -0.39 is 6.10 Å². The summed E-state index contributed by atoms with van der Waals surface area (Å²) in [7, 11) is 3.32. The van der Waals surface area contributed by atoms with Gasteiger partial charge in [-0.1, -0.05) is 6.92 Å². The van der Waals surface area contributed by atoms with E-state index in [0.717, 1.165) is 17.2 Å². The molecule has 0 saturated heterocycles. The van der Waals surface area contributed by atoms with Crippen LogP contribution in [0, 0.1) is 0 Å². The molecule has 0 aliphatic carbocycles. The van der Waals surface area contributed by atoms with Crippen LogP contribution >= 0.6 is 11.8 Å². The van der Waals surface area contributed by atoms with Crippen molar-refractivity contribution in [2.75, 3.05) is 32.1 Å². The summed E-state index contributed by atoms with van der Waals surface area (Å²) < 4.78 is 1.82. The first-order chi connectivity index (χ1) is 11.4. The fourth-order valence-corrected chi connectivity index (χ4v) is 3.19. The average Bonchev–Trinajstić information content (AvgIpc) is 2.98. The third-order valence-electron chi connectivity index (χ3n) is 4.04. The number of aliphatic hydroxyl groups is 1. The molecule has 1 aliphatic rings. The molecule has 2 amide bonds. The van der Waals surface area contributed by atoms with Crippen LogP contribution in [0.1, 0.15) is 37.3 Å². The highest BCUT2D eigenvalue weighted by Gasteiger charge is 2.24. The Kier molecular flexibility index (Phi) is 6.68. The number of amides is 2. The fraction of sp³-hybridized carbons (Fsp3) is 0.688. The highest BCUT2D eigenvalue weighted by atomic mass is 32.2. The van der Waals surface area contributed by atoms with Gasteiger partial charge in [-0.15, -0.1) is 0 Å². The lowest BCUT2D eigenvalue weighted by atomic mass is 10.1. The summed E-state index contributed by atoms with van der Waals surface area (Å²) in [6.45, 7) is 3.85. The van der Waals surface area contributed by atoms with E-state index in [1.165, 1.54) is 4.90 Å². The number of hydrogen-bond donors (Lipinski definition) is 1. The number of nitrogens with zero attached hydrogens (tertiary/aromatic N) is 4. The molecule has 7 nitrogen and oxygen atoms in total. The standard InChI is InChI=1S/C16H26N4O3S/c1-4-24-8-5-15(22)19-6-7-20-12(11-19)9-13(17-20)14(21)10-16(23)18(2)3/h9,14,21H,4-8,10-11H2,1-3H3. The molecule has 0 aromatic carbocycles. The van der Waals surface area contributed by atoms with Crippen LogP contribution in [0.2, 0.25) is 0 Å². The molecule has 0 spiro atoms. The lowest BCUT2D eigenvalue weighted by molar-refractivity contribution is -0.132. The molecule has 8 heteroatoms. The third kappa shape index (κ3) is 4.73. The monoisotopic (exact) mass is 354 g/mol. The van der Waals surface area contributed by atoms with E-state index in [1.54, 1.807) is 31.9 Å². The summed E-state index contributed by atoms with van der Waals surface area (Å²) in [6, 6.07) is 1.80. The van der Waals surface area contributed by atoms with Crippen LogP contribution < -0.4 is 0 Å². The first kappa shape index (κ1) is 18.8. The van der Waals surface area contributed by atoms with Crippen molar-refractivity contribution in [2.45, 2.75) is 39.0 Å². The molecule has 0 radical (unpaired) electrons. The third-order valence-corrected chi connectivity index (χ3v) is 4.94. The minimum atomic E-state index is -0.914. The molecule has 1 unspecified atom stereocenters. The van der Waals surface area contributed by atoms with Crippen LogP contribution in [-0.4, -0.2) is 68.6 Å². The van der Waals surface area contributed by atoms with Crippen molar-refractivity contribution in [2.24, 2.45) is 0 Å². The van der Waals surface area contributed by atoms with Crippen molar-refractivity contribution < 1.29 is 14.7 Å². The maximum absolute atomic E-state index is 12.2. The molecule has 0 bridgehead atoms. The molecular formula is C16H26N4O3S. The second kappa shape index (κ2) is 8.53. The van der Waals surface area contributed by atoms with E-state index in [4.69, 9.17) is 0 Å².